The molecule has 0 spiro atoms. The number of hydrogen-bond acceptors (Lipinski definition) is 5. The van der Waals surface area contributed by atoms with E-state index in [9.17, 15) is 4.79 Å². The maximum Gasteiger partial charge on any atom is 0.356 e. The lowest BCUT2D eigenvalue weighted by Gasteiger charge is -2.06. The smallest absolute Gasteiger partial charge is 0.356 e. The summed E-state index contributed by atoms with van der Waals surface area (Å²) >= 11 is 1.50. The highest BCUT2D eigenvalue weighted by molar-refractivity contribution is 7.07. The highest BCUT2D eigenvalue weighted by atomic mass is 32.1. The summed E-state index contributed by atoms with van der Waals surface area (Å²) in [7, 11) is 0. The van der Waals surface area contributed by atoms with Crippen LogP contribution in [-0.4, -0.2) is 21.0 Å². The lowest BCUT2D eigenvalue weighted by Crippen LogP contribution is -2.08. The number of anilines is 1. The van der Waals surface area contributed by atoms with Crippen molar-refractivity contribution in [3.63, 3.8) is 0 Å². The van der Waals surface area contributed by atoms with Gasteiger partial charge in [-0.1, -0.05) is 0 Å². The molecule has 0 amide bonds. The predicted octanol–water partition coefficient (Wildman–Crippen LogP) is 1.85. The van der Waals surface area contributed by atoms with E-state index in [1.807, 2.05) is 5.38 Å². The molecule has 0 aliphatic rings. The summed E-state index contributed by atoms with van der Waals surface area (Å²) in [5, 5.41) is 13.8. The van der Waals surface area contributed by atoms with Gasteiger partial charge in [0.25, 0.3) is 0 Å². The number of aromatic nitrogens is 2. The van der Waals surface area contributed by atoms with Gasteiger partial charge in [-0.2, -0.15) is 0 Å². The number of carbonyl (C=O) groups is 1. The Bertz CT molecular complexity index is 485. The zero-order valence-corrected chi connectivity index (χ0v) is 9.07. The van der Waals surface area contributed by atoms with Gasteiger partial charge in [0, 0.05) is 11.6 Å². The number of carboxylic acids is 1. The molecule has 0 saturated carbocycles. The van der Waals surface area contributed by atoms with E-state index in [2.05, 4.69) is 15.3 Å². The molecular weight excluding hydrogens is 226 g/mol. The third-order valence-corrected chi connectivity index (χ3v) is 2.59. The van der Waals surface area contributed by atoms with E-state index in [0.717, 1.165) is 5.69 Å². The van der Waals surface area contributed by atoms with Crippen molar-refractivity contribution in [1.29, 1.82) is 0 Å². The molecule has 0 atom stereocenters. The van der Waals surface area contributed by atoms with Crippen LogP contribution in [0.3, 0.4) is 0 Å². The topological polar surface area (TPSA) is 75.1 Å². The normalized spacial score (nSPS) is 10.0. The number of nitrogens with one attached hydrogen (secondary N) is 1. The summed E-state index contributed by atoms with van der Waals surface area (Å²) in [6.07, 6.45) is 1.46. The van der Waals surface area contributed by atoms with Crippen LogP contribution in [0.4, 0.5) is 5.69 Å². The lowest BCUT2D eigenvalue weighted by molar-refractivity contribution is 0.0691. The van der Waals surface area contributed by atoms with E-state index in [1.54, 1.807) is 17.6 Å². The predicted molar refractivity (Wildman–Crippen MR) is 60.6 cm³/mol. The second-order valence-corrected chi connectivity index (χ2v) is 3.76. The molecule has 0 aromatic carbocycles. The fourth-order valence-electron chi connectivity index (χ4n) is 1.23. The number of carboxylic acid groups (broad SMARTS) is 1. The molecule has 0 fully saturated rings. The Kier molecular flexibility index (Phi) is 3.11. The van der Waals surface area contributed by atoms with Crippen LogP contribution in [0.15, 0.2) is 29.2 Å². The van der Waals surface area contributed by atoms with Gasteiger partial charge in [0.15, 0.2) is 5.69 Å². The molecule has 0 aliphatic heterocycles. The summed E-state index contributed by atoms with van der Waals surface area (Å²) in [6, 6.07) is 3.37. The Labute approximate surface area is 95.8 Å². The quantitative estimate of drug-likeness (QED) is 0.845. The lowest BCUT2D eigenvalue weighted by atomic mass is 10.3. The van der Waals surface area contributed by atoms with Crippen molar-refractivity contribution in [1.82, 2.24) is 9.97 Å². The molecule has 0 aliphatic carbocycles. The number of thiazole rings is 1. The summed E-state index contributed by atoms with van der Waals surface area (Å²) in [4.78, 5) is 18.8. The molecule has 2 heterocycles. The molecule has 6 heteroatoms. The standard InChI is InChI=1S/C10H9N3O2S/c14-10(15)9-8(2-1-3-11-9)12-4-7-5-16-6-13-7/h1-3,5-6,12H,4H2,(H,14,15). The van der Waals surface area contributed by atoms with Crippen molar-refractivity contribution in [3.05, 3.63) is 40.6 Å². The third-order valence-electron chi connectivity index (χ3n) is 1.95. The van der Waals surface area contributed by atoms with Crippen molar-refractivity contribution in [2.24, 2.45) is 0 Å². The van der Waals surface area contributed by atoms with E-state index in [4.69, 9.17) is 5.11 Å². The summed E-state index contributed by atoms with van der Waals surface area (Å²) < 4.78 is 0. The van der Waals surface area contributed by atoms with Gasteiger partial charge in [-0.15, -0.1) is 11.3 Å². The molecular formula is C10H9N3O2S. The van der Waals surface area contributed by atoms with Gasteiger partial charge in [0.1, 0.15) is 0 Å². The average Bonchev–Trinajstić information content (AvgIpc) is 2.79. The van der Waals surface area contributed by atoms with Gasteiger partial charge in [-0.3, -0.25) is 0 Å². The van der Waals surface area contributed by atoms with Crippen molar-refractivity contribution < 1.29 is 9.90 Å². The van der Waals surface area contributed by atoms with Gasteiger partial charge >= 0.3 is 5.97 Å². The minimum absolute atomic E-state index is 0.0257. The molecule has 0 unspecified atom stereocenters. The number of nitrogens with zero attached hydrogens (tertiary/aromatic N) is 2. The van der Waals surface area contributed by atoms with Crippen LogP contribution in [0.25, 0.3) is 0 Å². The zero-order chi connectivity index (χ0) is 11.4. The van der Waals surface area contributed by atoms with Crippen molar-refractivity contribution in [2.75, 3.05) is 5.32 Å². The molecule has 16 heavy (non-hydrogen) atoms. The van der Waals surface area contributed by atoms with Gasteiger partial charge in [0.05, 0.1) is 23.4 Å². The minimum atomic E-state index is -1.04. The van der Waals surface area contributed by atoms with E-state index in [1.165, 1.54) is 17.5 Å². The second kappa shape index (κ2) is 4.71. The fourth-order valence-corrected chi connectivity index (χ4v) is 1.79. The second-order valence-electron chi connectivity index (χ2n) is 3.04. The molecule has 82 valence electrons. The van der Waals surface area contributed by atoms with E-state index in [-0.39, 0.29) is 5.69 Å². The maximum atomic E-state index is 10.9. The number of hydrogen-bond donors (Lipinski definition) is 2. The van der Waals surface area contributed by atoms with Crippen LogP contribution < -0.4 is 5.32 Å². The maximum absolute atomic E-state index is 10.9. The van der Waals surface area contributed by atoms with Crippen molar-refractivity contribution in [3.8, 4) is 0 Å². The van der Waals surface area contributed by atoms with Crippen LogP contribution in [0.2, 0.25) is 0 Å². The van der Waals surface area contributed by atoms with Crippen LogP contribution in [0, 0.1) is 0 Å². The molecule has 2 aromatic rings. The first kappa shape index (κ1) is 10.6. The van der Waals surface area contributed by atoms with Crippen LogP contribution >= 0.6 is 11.3 Å². The fraction of sp³-hybridized carbons (Fsp3) is 0.100. The van der Waals surface area contributed by atoms with Gasteiger partial charge in [0.2, 0.25) is 0 Å². The van der Waals surface area contributed by atoms with Crippen LogP contribution in [-0.2, 0) is 6.54 Å². The largest absolute Gasteiger partial charge is 0.476 e. The average molecular weight is 235 g/mol. The molecule has 0 bridgehead atoms. The van der Waals surface area contributed by atoms with Gasteiger partial charge in [-0.25, -0.2) is 14.8 Å². The first-order chi connectivity index (χ1) is 7.77. The Morgan fingerprint density at radius 2 is 2.38 bits per heavy atom. The van der Waals surface area contributed by atoms with Gasteiger partial charge in [-0.05, 0) is 12.1 Å². The van der Waals surface area contributed by atoms with Crippen molar-refractivity contribution >= 4 is 23.0 Å². The molecule has 0 saturated heterocycles. The first-order valence-corrected chi connectivity index (χ1v) is 5.51. The summed E-state index contributed by atoms with van der Waals surface area (Å²) in [5.74, 6) is -1.04. The zero-order valence-electron chi connectivity index (χ0n) is 8.25. The van der Waals surface area contributed by atoms with Crippen molar-refractivity contribution in [2.45, 2.75) is 6.54 Å². The minimum Gasteiger partial charge on any atom is -0.476 e. The molecule has 0 radical (unpaired) electrons. The van der Waals surface area contributed by atoms with E-state index < -0.39 is 5.97 Å². The monoisotopic (exact) mass is 235 g/mol. The van der Waals surface area contributed by atoms with Crippen LogP contribution in [0.1, 0.15) is 16.2 Å². The van der Waals surface area contributed by atoms with Crippen LogP contribution in [0.5, 0.6) is 0 Å². The molecule has 2 N–H and O–H groups in total. The Hall–Kier alpha value is -1.95. The first-order valence-electron chi connectivity index (χ1n) is 4.56. The molecule has 2 aromatic heterocycles. The Morgan fingerprint density at radius 3 is 3.06 bits per heavy atom. The molecule has 2 rings (SSSR count). The Morgan fingerprint density at radius 1 is 1.50 bits per heavy atom. The van der Waals surface area contributed by atoms with E-state index >= 15 is 0 Å². The summed E-state index contributed by atoms with van der Waals surface area (Å²) in [5.41, 5.74) is 3.14. The number of pyridine rings is 1. The summed E-state index contributed by atoms with van der Waals surface area (Å²) in [6.45, 7) is 0.496. The highest BCUT2D eigenvalue weighted by Crippen LogP contribution is 2.13. The van der Waals surface area contributed by atoms with E-state index in [0.29, 0.717) is 12.2 Å². The highest BCUT2D eigenvalue weighted by Gasteiger charge is 2.10. The number of rotatable bonds is 4. The molecule has 5 nitrogen and oxygen atoms in total. The number of aromatic carboxylic acids is 1. The van der Waals surface area contributed by atoms with Gasteiger partial charge < -0.3 is 10.4 Å². The SMILES string of the molecule is O=C(O)c1ncccc1NCc1cscn1. The third kappa shape index (κ3) is 2.34. The Balaban J connectivity index is 2.12.